The third-order valence-corrected chi connectivity index (χ3v) is 5.55. The van der Waals surface area contributed by atoms with Gasteiger partial charge in [0.1, 0.15) is 17.3 Å². The maximum Gasteiger partial charge on any atom is 0.220 e. The van der Waals surface area contributed by atoms with Gasteiger partial charge < -0.3 is 20.3 Å². The highest BCUT2D eigenvalue weighted by atomic mass is 127. The second-order valence-electron chi connectivity index (χ2n) is 7.73. The van der Waals surface area contributed by atoms with E-state index in [0.717, 1.165) is 50.6 Å². The van der Waals surface area contributed by atoms with Crippen LogP contribution in [0.25, 0.3) is 0 Å². The van der Waals surface area contributed by atoms with E-state index in [9.17, 15) is 9.18 Å². The molecule has 0 unspecified atom stereocenters. The predicted molar refractivity (Wildman–Crippen MR) is 136 cm³/mol. The molecule has 0 saturated carbocycles. The van der Waals surface area contributed by atoms with Gasteiger partial charge in [-0.3, -0.25) is 9.79 Å². The van der Waals surface area contributed by atoms with E-state index in [1.54, 1.807) is 26.2 Å². The lowest BCUT2D eigenvalue weighted by Crippen LogP contribution is -2.46. The number of halogens is 2. The molecule has 2 N–H and O–H groups in total. The van der Waals surface area contributed by atoms with Crippen LogP contribution < -0.4 is 15.4 Å². The Morgan fingerprint density at radius 1 is 1.09 bits per heavy atom. The molecule has 1 heterocycles. The van der Waals surface area contributed by atoms with Crippen molar-refractivity contribution in [1.29, 1.82) is 0 Å². The zero-order chi connectivity index (χ0) is 22.1. The molecule has 8 heteroatoms. The number of hydrogen-bond acceptors (Lipinski definition) is 3. The van der Waals surface area contributed by atoms with Gasteiger partial charge in [-0.1, -0.05) is 12.1 Å². The Labute approximate surface area is 206 Å². The average Bonchev–Trinajstić information content (AvgIpc) is 2.80. The van der Waals surface area contributed by atoms with E-state index in [4.69, 9.17) is 4.74 Å². The summed E-state index contributed by atoms with van der Waals surface area (Å²) in [5, 5.41) is 6.15. The van der Waals surface area contributed by atoms with Gasteiger partial charge in [0.15, 0.2) is 5.96 Å². The maximum atomic E-state index is 13.0. The number of hydrogen-bond donors (Lipinski definition) is 2. The number of rotatable bonds is 7. The summed E-state index contributed by atoms with van der Waals surface area (Å²) in [7, 11) is 3.50. The van der Waals surface area contributed by atoms with Crippen LogP contribution in [0.4, 0.5) is 4.39 Å². The first kappa shape index (κ1) is 25.9. The van der Waals surface area contributed by atoms with Crippen LogP contribution in [0, 0.1) is 11.7 Å². The average molecular weight is 554 g/mol. The lowest BCUT2D eigenvalue weighted by molar-refractivity contribution is -0.121. The second kappa shape index (κ2) is 13.2. The first-order chi connectivity index (χ1) is 15.1. The van der Waals surface area contributed by atoms with Crippen molar-refractivity contribution in [1.82, 2.24) is 15.5 Å². The SMILES string of the molecule is CN=C(NCCc1ccc(Oc2ccc(F)cc2)cc1)N1CCC(CC(=O)NC)CC1.I. The number of nitrogens with zero attached hydrogens (tertiary/aromatic N) is 2. The summed E-state index contributed by atoms with van der Waals surface area (Å²) in [6, 6.07) is 13.9. The largest absolute Gasteiger partial charge is 0.457 e. The standard InChI is InChI=1S/C24H31FN4O2.HI/c1-26-23(30)17-19-12-15-29(16-13-19)24(27-2)28-14-11-18-3-7-21(8-4-18)31-22-9-5-20(25)6-10-22;/h3-10,19H,11-17H2,1-2H3,(H,26,30)(H,27,28);1H. The molecule has 174 valence electrons. The number of carbonyl (C=O) groups is 1. The molecule has 1 saturated heterocycles. The number of nitrogens with one attached hydrogen (secondary N) is 2. The van der Waals surface area contributed by atoms with Crippen molar-refractivity contribution in [2.24, 2.45) is 10.9 Å². The van der Waals surface area contributed by atoms with Crippen molar-refractivity contribution in [3.8, 4) is 11.5 Å². The second-order valence-corrected chi connectivity index (χ2v) is 7.73. The Morgan fingerprint density at radius 3 is 2.25 bits per heavy atom. The van der Waals surface area contributed by atoms with Gasteiger partial charge in [0.25, 0.3) is 0 Å². The van der Waals surface area contributed by atoms with Crippen LogP contribution in [-0.4, -0.2) is 50.5 Å². The van der Waals surface area contributed by atoms with E-state index in [0.29, 0.717) is 18.1 Å². The number of benzene rings is 2. The van der Waals surface area contributed by atoms with E-state index in [2.05, 4.69) is 20.5 Å². The van der Waals surface area contributed by atoms with E-state index < -0.39 is 0 Å². The number of carbonyl (C=O) groups excluding carboxylic acids is 1. The third-order valence-electron chi connectivity index (χ3n) is 5.55. The minimum atomic E-state index is -0.279. The fourth-order valence-corrected chi connectivity index (χ4v) is 3.73. The molecule has 6 nitrogen and oxygen atoms in total. The molecule has 0 atom stereocenters. The molecule has 2 aromatic rings. The number of ether oxygens (including phenoxy) is 1. The van der Waals surface area contributed by atoms with Crippen molar-refractivity contribution in [2.75, 3.05) is 33.7 Å². The topological polar surface area (TPSA) is 66.0 Å². The summed E-state index contributed by atoms with van der Waals surface area (Å²) in [4.78, 5) is 18.3. The number of piperidine rings is 1. The Bertz CT molecular complexity index is 867. The molecule has 1 aliphatic heterocycles. The molecule has 0 aromatic heterocycles. The fourth-order valence-electron chi connectivity index (χ4n) is 3.73. The van der Waals surface area contributed by atoms with E-state index in [-0.39, 0.29) is 35.7 Å². The van der Waals surface area contributed by atoms with Crippen LogP contribution in [0.2, 0.25) is 0 Å². The lowest BCUT2D eigenvalue weighted by atomic mass is 9.93. The van der Waals surface area contributed by atoms with Gasteiger partial charge in [-0.25, -0.2) is 4.39 Å². The Kier molecular flexibility index (Phi) is 10.7. The summed E-state index contributed by atoms with van der Waals surface area (Å²) in [6.45, 7) is 2.61. The monoisotopic (exact) mass is 554 g/mol. The number of aliphatic imine (C=N–C) groups is 1. The molecular formula is C24H32FIN4O2. The molecule has 3 rings (SSSR count). The molecular weight excluding hydrogens is 522 g/mol. The van der Waals surface area contributed by atoms with Crippen molar-refractivity contribution in [2.45, 2.75) is 25.7 Å². The van der Waals surface area contributed by atoms with Crippen LogP contribution in [0.15, 0.2) is 53.5 Å². The van der Waals surface area contributed by atoms with Gasteiger partial charge in [-0.05, 0) is 67.1 Å². The van der Waals surface area contributed by atoms with Crippen molar-refractivity contribution in [3.63, 3.8) is 0 Å². The summed E-state index contributed by atoms with van der Waals surface area (Å²) in [5.74, 6) is 2.53. The van der Waals surface area contributed by atoms with E-state index in [1.165, 1.54) is 17.7 Å². The number of guanidine groups is 1. The Hall–Kier alpha value is -2.36. The van der Waals surface area contributed by atoms with E-state index >= 15 is 0 Å². The van der Waals surface area contributed by atoms with Gasteiger partial charge in [0, 0.05) is 40.2 Å². The molecule has 1 amide bonds. The number of likely N-dealkylation sites (tertiary alicyclic amines) is 1. The lowest BCUT2D eigenvalue weighted by Gasteiger charge is -2.34. The molecule has 0 aliphatic carbocycles. The summed E-state index contributed by atoms with van der Waals surface area (Å²) in [6.07, 6.45) is 3.48. The molecule has 1 aliphatic rings. The highest BCUT2D eigenvalue weighted by molar-refractivity contribution is 14.0. The van der Waals surface area contributed by atoms with Crippen LogP contribution in [0.5, 0.6) is 11.5 Å². The minimum Gasteiger partial charge on any atom is -0.457 e. The maximum absolute atomic E-state index is 13.0. The summed E-state index contributed by atoms with van der Waals surface area (Å²) in [5.41, 5.74) is 1.19. The smallest absolute Gasteiger partial charge is 0.220 e. The highest BCUT2D eigenvalue weighted by Crippen LogP contribution is 2.22. The third kappa shape index (κ3) is 7.96. The van der Waals surface area contributed by atoms with Crippen molar-refractivity contribution >= 4 is 35.8 Å². The quantitative estimate of drug-likeness (QED) is 0.306. The molecule has 32 heavy (non-hydrogen) atoms. The zero-order valence-corrected chi connectivity index (χ0v) is 21.0. The molecule has 1 fully saturated rings. The molecule has 0 radical (unpaired) electrons. The van der Waals surface area contributed by atoms with Gasteiger partial charge in [0.05, 0.1) is 0 Å². The molecule has 2 aromatic carbocycles. The highest BCUT2D eigenvalue weighted by Gasteiger charge is 2.22. The Balaban J connectivity index is 0.00000363. The van der Waals surface area contributed by atoms with Crippen LogP contribution >= 0.6 is 24.0 Å². The van der Waals surface area contributed by atoms with Crippen molar-refractivity contribution in [3.05, 3.63) is 59.9 Å². The first-order valence-electron chi connectivity index (χ1n) is 10.8. The number of amides is 1. The van der Waals surface area contributed by atoms with Gasteiger partial charge in [0.2, 0.25) is 5.91 Å². The van der Waals surface area contributed by atoms with Crippen molar-refractivity contribution < 1.29 is 13.9 Å². The Morgan fingerprint density at radius 2 is 1.69 bits per heavy atom. The van der Waals surface area contributed by atoms with E-state index in [1.807, 2.05) is 24.3 Å². The summed E-state index contributed by atoms with van der Waals surface area (Å²) < 4.78 is 18.7. The predicted octanol–water partition coefficient (Wildman–Crippen LogP) is 4.20. The van der Waals surface area contributed by atoms with Crippen LogP contribution in [-0.2, 0) is 11.2 Å². The van der Waals surface area contributed by atoms with Gasteiger partial charge in [-0.2, -0.15) is 0 Å². The van der Waals surface area contributed by atoms with Crippen LogP contribution in [0.3, 0.4) is 0 Å². The fraction of sp³-hybridized carbons (Fsp3) is 0.417. The molecule has 0 bridgehead atoms. The van der Waals surface area contributed by atoms with Gasteiger partial charge >= 0.3 is 0 Å². The normalized spacial score (nSPS) is 14.5. The molecule has 0 spiro atoms. The minimum absolute atomic E-state index is 0. The van der Waals surface area contributed by atoms with Crippen LogP contribution in [0.1, 0.15) is 24.8 Å². The van der Waals surface area contributed by atoms with Gasteiger partial charge in [-0.15, -0.1) is 24.0 Å². The summed E-state index contributed by atoms with van der Waals surface area (Å²) >= 11 is 0. The first-order valence-corrected chi connectivity index (χ1v) is 10.8. The zero-order valence-electron chi connectivity index (χ0n) is 18.6.